The maximum Gasteiger partial charge on any atom is 0.122 e. The Labute approximate surface area is 116 Å². The molecule has 1 aromatic rings. The summed E-state index contributed by atoms with van der Waals surface area (Å²) in [5.41, 5.74) is 1.30. The van der Waals surface area contributed by atoms with Gasteiger partial charge in [-0.1, -0.05) is 25.1 Å². The molecule has 1 atom stereocenters. The third-order valence-electron chi connectivity index (χ3n) is 3.74. The van der Waals surface area contributed by atoms with E-state index in [1.54, 1.807) is 0 Å². The first-order valence-electron chi connectivity index (χ1n) is 7.47. The normalized spacial score (nSPS) is 18.2. The lowest BCUT2D eigenvalue weighted by Crippen LogP contribution is -2.44. The van der Waals surface area contributed by atoms with Gasteiger partial charge in [0, 0.05) is 32.7 Å². The smallest absolute Gasteiger partial charge is 0.122 e. The Balaban J connectivity index is 1.78. The van der Waals surface area contributed by atoms with E-state index < -0.39 is 0 Å². The van der Waals surface area contributed by atoms with Crippen LogP contribution in [0.4, 0.5) is 0 Å². The summed E-state index contributed by atoms with van der Waals surface area (Å²) in [5.74, 6) is 1.05. The molecule has 0 aromatic heterocycles. The number of nitrogens with zero attached hydrogens (tertiary/aromatic N) is 1. The maximum absolute atomic E-state index is 6.09. The van der Waals surface area contributed by atoms with Crippen LogP contribution >= 0.6 is 0 Å². The number of hydrogen-bond acceptors (Lipinski definition) is 3. The van der Waals surface area contributed by atoms with Gasteiger partial charge in [-0.3, -0.25) is 0 Å². The molecule has 1 fully saturated rings. The maximum atomic E-state index is 6.09. The Morgan fingerprint density at radius 2 is 2.00 bits per heavy atom. The highest BCUT2D eigenvalue weighted by molar-refractivity contribution is 5.33. The third kappa shape index (κ3) is 4.51. The molecule has 1 N–H and O–H groups in total. The van der Waals surface area contributed by atoms with Crippen molar-refractivity contribution in [1.82, 2.24) is 10.2 Å². The lowest BCUT2D eigenvalue weighted by Gasteiger charge is -2.28. The van der Waals surface area contributed by atoms with E-state index in [0.29, 0.717) is 0 Å². The summed E-state index contributed by atoms with van der Waals surface area (Å²) < 4.78 is 6.09. The van der Waals surface area contributed by atoms with Gasteiger partial charge >= 0.3 is 0 Å². The molecule has 1 aliphatic rings. The van der Waals surface area contributed by atoms with Crippen LogP contribution in [0.3, 0.4) is 0 Å². The molecule has 0 amide bonds. The predicted molar refractivity (Wildman–Crippen MR) is 79.8 cm³/mol. The fourth-order valence-electron chi connectivity index (χ4n) is 2.49. The van der Waals surface area contributed by atoms with Gasteiger partial charge in [0.2, 0.25) is 0 Å². The number of ether oxygens (including phenoxy) is 1. The van der Waals surface area contributed by atoms with Crippen LogP contribution in [0.5, 0.6) is 5.75 Å². The second-order valence-electron chi connectivity index (χ2n) is 5.27. The van der Waals surface area contributed by atoms with E-state index in [9.17, 15) is 0 Å². The Hall–Kier alpha value is -1.06. The molecular weight excluding hydrogens is 236 g/mol. The first kappa shape index (κ1) is 14.4. The SMILES string of the molecule is CCc1ccccc1OC(C)CCN1CCNCC1. The number of hydrogen-bond donors (Lipinski definition) is 1. The zero-order valence-corrected chi connectivity index (χ0v) is 12.2. The average molecular weight is 262 g/mol. The average Bonchev–Trinajstić information content (AvgIpc) is 2.47. The standard InChI is InChI=1S/C16H26N2O/c1-3-15-6-4-5-7-16(15)19-14(2)8-11-18-12-9-17-10-13-18/h4-7,14,17H,3,8-13H2,1-2H3. The van der Waals surface area contributed by atoms with Crippen molar-refractivity contribution < 1.29 is 4.74 Å². The fraction of sp³-hybridized carbons (Fsp3) is 0.625. The van der Waals surface area contributed by atoms with Gasteiger partial charge in [-0.2, -0.15) is 0 Å². The minimum absolute atomic E-state index is 0.280. The molecule has 1 saturated heterocycles. The van der Waals surface area contributed by atoms with E-state index in [-0.39, 0.29) is 6.10 Å². The summed E-state index contributed by atoms with van der Waals surface area (Å²) in [6.07, 6.45) is 2.40. The topological polar surface area (TPSA) is 24.5 Å². The van der Waals surface area contributed by atoms with Crippen LogP contribution in [0, 0.1) is 0 Å². The quantitative estimate of drug-likeness (QED) is 0.851. The van der Waals surface area contributed by atoms with Crippen LogP contribution in [0.1, 0.15) is 25.8 Å². The first-order chi connectivity index (χ1) is 9.29. The summed E-state index contributed by atoms with van der Waals surface area (Å²) in [7, 11) is 0. The summed E-state index contributed by atoms with van der Waals surface area (Å²) in [6, 6.07) is 8.37. The summed E-state index contributed by atoms with van der Waals surface area (Å²) >= 11 is 0. The van der Waals surface area contributed by atoms with Crippen molar-refractivity contribution in [2.75, 3.05) is 32.7 Å². The van der Waals surface area contributed by atoms with Crippen molar-refractivity contribution >= 4 is 0 Å². The third-order valence-corrected chi connectivity index (χ3v) is 3.74. The van der Waals surface area contributed by atoms with Crippen LogP contribution in [-0.2, 0) is 6.42 Å². The largest absolute Gasteiger partial charge is 0.490 e. The van der Waals surface area contributed by atoms with Crippen molar-refractivity contribution in [3.63, 3.8) is 0 Å². The second kappa shape index (κ2) is 7.51. The molecule has 0 spiro atoms. The van der Waals surface area contributed by atoms with E-state index in [1.165, 1.54) is 5.56 Å². The van der Waals surface area contributed by atoms with Gasteiger partial charge in [0.25, 0.3) is 0 Å². The molecule has 1 aromatic carbocycles. The molecule has 1 unspecified atom stereocenters. The monoisotopic (exact) mass is 262 g/mol. The zero-order chi connectivity index (χ0) is 13.5. The van der Waals surface area contributed by atoms with E-state index in [0.717, 1.165) is 51.3 Å². The number of para-hydroxylation sites is 1. The molecule has 0 bridgehead atoms. The van der Waals surface area contributed by atoms with Crippen molar-refractivity contribution in [3.05, 3.63) is 29.8 Å². The summed E-state index contributed by atoms with van der Waals surface area (Å²) in [6.45, 7) is 10.1. The number of aryl methyl sites for hydroxylation is 1. The fourth-order valence-corrected chi connectivity index (χ4v) is 2.49. The Morgan fingerprint density at radius 1 is 1.26 bits per heavy atom. The Bertz CT molecular complexity index is 375. The molecular formula is C16H26N2O. The van der Waals surface area contributed by atoms with Crippen LogP contribution in [0.2, 0.25) is 0 Å². The molecule has 2 rings (SSSR count). The minimum atomic E-state index is 0.280. The van der Waals surface area contributed by atoms with E-state index in [1.807, 2.05) is 0 Å². The Kier molecular flexibility index (Phi) is 5.67. The summed E-state index contributed by atoms with van der Waals surface area (Å²) in [5, 5.41) is 3.38. The molecule has 0 aliphatic carbocycles. The predicted octanol–water partition coefficient (Wildman–Crippen LogP) is 2.31. The van der Waals surface area contributed by atoms with Gasteiger partial charge in [-0.25, -0.2) is 0 Å². The molecule has 1 aliphatic heterocycles. The second-order valence-corrected chi connectivity index (χ2v) is 5.27. The van der Waals surface area contributed by atoms with Crippen molar-refractivity contribution in [2.45, 2.75) is 32.8 Å². The molecule has 106 valence electrons. The highest BCUT2D eigenvalue weighted by Crippen LogP contribution is 2.20. The van der Waals surface area contributed by atoms with Gasteiger partial charge in [0.05, 0.1) is 6.10 Å². The zero-order valence-electron chi connectivity index (χ0n) is 12.2. The van der Waals surface area contributed by atoms with Gasteiger partial charge < -0.3 is 15.0 Å². The van der Waals surface area contributed by atoms with Crippen molar-refractivity contribution in [3.8, 4) is 5.75 Å². The molecule has 0 radical (unpaired) electrons. The highest BCUT2D eigenvalue weighted by Gasteiger charge is 2.12. The molecule has 3 heteroatoms. The van der Waals surface area contributed by atoms with Gasteiger partial charge in [-0.15, -0.1) is 0 Å². The number of benzene rings is 1. The van der Waals surface area contributed by atoms with Crippen molar-refractivity contribution in [2.24, 2.45) is 0 Å². The van der Waals surface area contributed by atoms with Crippen molar-refractivity contribution in [1.29, 1.82) is 0 Å². The van der Waals surface area contributed by atoms with Crippen LogP contribution in [-0.4, -0.2) is 43.7 Å². The molecule has 19 heavy (non-hydrogen) atoms. The number of nitrogens with one attached hydrogen (secondary N) is 1. The number of rotatable bonds is 6. The van der Waals surface area contributed by atoms with E-state index in [4.69, 9.17) is 4.74 Å². The lowest BCUT2D eigenvalue weighted by atomic mass is 10.1. The van der Waals surface area contributed by atoms with Crippen LogP contribution in [0.15, 0.2) is 24.3 Å². The highest BCUT2D eigenvalue weighted by atomic mass is 16.5. The van der Waals surface area contributed by atoms with Gasteiger partial charge in [0.15, 0.2) is 0 Å². The summed E-state index contributed by atoms with van der Waals surface area (Å²) in [4.78, 5) is 2.52. The first-order valence-corrected chi connectivity index (χ1v) is 7.47. The van der Waals surface area contributed by atoms with E-state index >= 15 is 0 Å². The lowest BCUT2D eigenvalue weighted by molar-refractivity contribution is 0.166. The molecule has 3 nitrogen and oxygen atoms in total. The molecule has 0 saturated carbocycles. The van der Waals surface area contributed by atoms with Gasteiger partial charge in [-0.05, 0) is 31.4 Å². The number of piperazine rings is 1. The van der Waals surface area contributed by atoms with E-state index in [2.05, 4.69) is 48.3 Å². The van der Waals surface area contributed by atoms with Crippen LogP contribution in [0.25, 0.3) is 0 Å². The minimum Gasteiger partial charge on any atom is -0.490 e. The van der Waals surface area contributed by atoms with Gasteiger partial charge in [0.1, 0.15) is 5.75 Å². The van der Waals surface area contributed by atoms with Crippen LogP contribution < -0.4 is 10.1 Å². The Morgan fingerprint density at radius 3 is 2.74 bits per heavy atom. The molecule has 1 heterocycles.